The van der Waals surface area contributed by atoms with Crippen molar-refractivity contribution in [2.24, 2.45) is 0 Å². The number of benzene rings is 1. The first-order valence-corrected chi connectivity index (χ1v) is 8.95. The normalized spacial score (nSPS) is 11.7. The highest BCUT2D eigenvalue weighted by atomic mass is 32.2. The van der Waals surface area contributed by atoms with Crippen molar-refractivity contribution >= 4 is 15.9 Å². The Kier molecular flexibility index (Phi) is 6.83. The van der Waals surface area contributed by atoms with Crippen LogP contribution >= 0.6 is 0 Å². The van der Waals surface area contributed by atoms with Gasteiger partial charge in [-0.3, -0.25) is 4.79 Å². The fraction of sp³-hybridized carbons (Fsp3) is 0.533. The minimum Gasteiger partial charge on any atom is -0.497 e. The molecule has 1 rings (SSSR count). The number of hydrogen-bond donors (Lipinski definition) is 1. The van der Waals surface area contributed by atoms with Crippen LogP contribution in [-0.2, 0) is 21.2 Å². The molecule has 0 unspecified atom stereocenters. The Morgan fingerprint density at radius 3 is 2.32 bits per heavy atom. The van der Waals surface area contributed by atoms with Crippen LogP contribution in [0.2, 0.25) is 0 Å². The molecule has 1 amide bonds. The summed E-state index contributed by atoms with van der Waals surface area (Å²) in [6, 6.07) is 7.34. The molecule has 0 radical (unpaired) electrons. The summed E-state index contributed by atoms with van der Waals surface area (Å²) >= 11 is 0. The minimum absolute atomic E-state index is 0.154. The zero-order valence-corrected chi connectivity index (χ0v) is 14.3. The van der Waals surface area contributed by atoms with Crippen LogP contribution in [0.5, 0.6) is 5.75 Å². The maximum Gasteiger partial charge on any atom is 0.235 e. The van der Waals surface area contributed by atoms with Gasteiger partial charge in [0.25, 0.3) is 0 Å². The molecule has 0 saturated heterocycles. The highest BCUT2D eigenvalue weighted by Crippen LogP contribution is 2.11. The van der Waals surface area contributed by atoms with E-state index in [1.54, 1.807) is 21.0 Å². The van der Waals surface area contributed by atoms with E-state index in [0.717, 1.165) is 17.6 Å². The second kappa shape index (κ2) is 8.14. The Morgan fingerprint density at radius 1 is 1.27 bits per heavy atom. The summed E-state index contributed by atoms with van der Waals surface area (Å²) in [5, 5.41) is 2.74. The predicted octanol–water partition coefficient (Wildman–Crippen LogP) is 1.02. The van der Waals surface area contributed by atoms with Gasteiger partial charge in [0.05, 0.1) is 19.9 Å². The average Bonchev–Trinajstić information content (AvgIpc) is 2.44. The summed E-state index contributed by atoms with van der Waals surface area (Å²) < 4.78 is 29.5. The van der Waals surface area contributed by atoms with Crippen LogP contribution in [0.1, 0.15) is 19.4 Å². The van der Waals surface area contributed by atoms with Gasteiger partial charge < -0.3 is 10.1 Å². The van der Waals surface area contributed by atoms with Gasteiger partial charge in [-0.15, -0.1) is 0 Å². The third-order valence-electron chi connectivity index (χ3n) is 3.20. The number of carbonyl (C=O) groups excluding carboxylic acids is 1. The Labute approximate surface area is 132 Å². The maximum absolute atomic E-state index is 11.9. The third kappa shape index (κ3) is 6.03. The van der Waals surface area contributed by atoms with Crippen molar-refractivity contribution < 1.29 is 17.9 Å². The van der Waals surface area contributed by atoms with Crippen molar-refractivity contribution in [2.75, 3.05) is 26.5 Å². The molecule has 0 heterocycles. The van der Waals surface area contributed by atoms with E-state index in [0.29, 0.717) is 13.0 Å². The number of carbonyl (C=O) groups is 1. The molecule has 1 N–H and O–H groups in total. The van der Waals surface area contributed by atoms with E-state index in [1.807, 2.05) is 24.3 Å². The second-order valence-electron chi connectivity index (χ2n) is 5.35. The summed E-state index contributed by atoms with van der Waals surface area (Å²) in [6.07, 6.45) is 1.79. The van der Waals surface area contributed by atoms with E-state index in [9.17, 15) is 13.2 Å². The average molecular weight is 328 g/mol. The molecule has 0 spiro atoms. The molecule has 0 saturated carbocycles. The molecule has 0 aromatic heterocycles. The van der Waals surface area contributed by atoms with E-state index < -0.39 is 10.0 Å². The molecule has 1 aromatic rings. The first kappa shape index (κ1) is 18.4. The summed E-state index contributed by atoms with van der Waals surface area (Å²) in [6.45, 7) is 3.79. The van der Waals surface area contributed by atoms with E-state index in [2.05, 4.69) is 5.32 Å². The van der Waals surface area contributed by atoms with Crippen molar-refractivity contribution in [3.05, 3.63) is 29.8 Å². The topological polar surface area (TPSA) is 75.7 Å². The van der Waals surface area contributed by atoms with E-state index in [4.69, 9.17) is 4.74 Å². The van der Waals surface area contributed by atoms with E-state index in [1.165, 1.54) is 4.31 Å². The van der Waals surface area contributed by atoms with Crippen LogP contribution in [0.3, 0.4) is 0 Å². The summed E-state index contributed by atoms with van der Waals surface area (Å²) in [5.41, 5.74) is 1.07. The number of nitrogens with one attached hydrogen (secondary N) is 1. The maximum atomic E-state index is 11.9. The number of nitrogens with zero attached hydrogens (tertiary/aromatic N) is 1. The van der Waals surface area contributed by atoms with Crippen molar-refractivity contribution in [1.82, 2.24) is 9.62 Å². The fourth-order valence-corrected chi connectivity index (χ4v) is 3.14. The Balaban J connectivity index is 2.45. The highest BCUT2D eigenvalue weighted by molar-refractivity contribution is 7.88. The minimum atomic E-state index is -3.39. The van der Waals surface area contributed by atoms with Crippen LogP contribution in [0.15, 0.2) is 24.3 Å². The highest BCUT2D eigenvalue weighted by Gasteiger charge is 2.22. The van der Waals surface area contributed by atoms with Gasteiger partial charge in [0.2, 0.25) is 15.9 Å². The molecule has 124 valence electrons. The van der Waals surface area contributed by atoms with E-state index >= 15 is 0 Å². The van der Waals surface area contributed by atoms with Gasteiger partial charge in [0.1, 0.15) is 5.75 Å². The monoisotopic (exact) mass is 328 g/mol. The molecule has 1 aromatic carbocycles. The number of rotatable bonds is 8. The quantitative estimate of drug-likeness (QED) is 0.773. The van der Waals surface area contributed by atoms with Crippen molar-refractivity contribution in [3.63, 3.8) is 0 Å². The summed E-state index contributed by atoms with van der Waals surface area (Å²) in [4.78, 5) is 11.9. The van der Waals surface area contributed by atoms with Gasteiger partial charge in [-0.2, -0.15) is 4.31 Å². The van der Waals surface area contributed by atoms with Gasteiger partial charge in [-0.05, 0) is 38.0 Å². The Morgan fingerprint density at radius 2 is 1.86 bits per heavy atom. The number of hydrogen-bond acceptors (Lipinski definition) is 4. The largest absolute Gasteiger partial charge is 0.497 e. The van der Waals surface area contributed by atoms with Crippen LogP contribution in [0, 0.1) is 0 Å². The standard InChI is InChI=1S/C15H24N2O4S/c1-12(2)17(22(4,19)20)11-15(18)16-10-9-13-5-7-14(21-3)8-6-13/h5-8,12H,9-11H2,1-4H3,(H,16,18). The SMILES string of the molecule is COc1ccc(CCNC(=O)CN(C(C)C)S(C)(=O)=O)cc1. The third-order valence-corrected chi connectivity index (χ3v) is 4.60. The van der Waals surface area contributed by atoms with Crippen LogP contribution in [0.25, 0.3) is 0 Å². The number of amides is 1. The van der Waals surface area contributed by atoms with Crippen molar-refractivity contribution in [3.8, 4) is 5.75 Å². The molecular formula is C15H24N2O4S. The summed E-state index contributed by atoms with van der Waals surface area (Å²) in [7, 11) is -1.78. The molecular weight excluding hydrogens is 304 g/mol. The Bertz CT molecular complexity index is 582. The molecule has 0 fully saturated rings. The lowest BCUT2D eigenvalue weighted by atomic mass is 10.1. The van der Waals surface area contributed by atoms with Crippen molar-refractivity contribution in [1.29, 1.82) is 0 Å². The number of ether oxygens (including phenoxy) is 1. The molecule has 6 nitrogen and oxygen atoms in total. The Hall–Kier alpha value is -1.60. The van der Waals surface area contributed by atoms with Crippen LogP contribution in [0.4, 0.5) is 0 Å². The molecule has 22 heavy (non-hydrogen) atoms. The van der Waals surface area contributed by atoms with Gasteiger partial charge in [0.15, 0.2) is 0 Å². The molecule has 7 heteroatoms. The zero-order valence-electron chi connectivity index (χ0n) is 13.5. The van der Waals surface area contributed by atoms with Crippen LogP contribution in [-0.4, -0.2) is 51.1 Å². The van der Waals surface area contributed by atoms with Gasteiger partial charge in [-0.1, -0.05) is 12.1 Å². The first-order valence-electron chi connectivity index (χ1n) is 7.10. The fourth-order valence-electron chi connectivity index (χ4n) is 2.02. The van der Waals surface area contributed by atoms with Gasteiger partial charge >= 0.3 is 0 Å². The lowest BCUT2D eigenvalue weighted by Crippen LogP contribution is -2.44. The molecule has 0 atom stereocenters. The van der Waals surface area contributed by atoms with Gasteiger partial charge in [-0.25, -0.2) is 8.42 Å². The summed E-state index contributed by atoms with van der Waals surface area (Å²) in [5.74, 6) is 0.487. The second-order valence-corrected chi connectivity index (χ2v) is 7.29. The smallest absolute Gasteiger partial charge is 0.235 e. The van der Waals surface area contributed by atoms with Crippen LogP contribution < -0.4 is 10.1 Å². The molecule has 0 bridgehead atoms. The number of methoxy groups -OCH3 is 1. The van der Waals surface area contributed by atoms with Gasteiger partial charge in [0, 0.05) is 12.6 Å². The molecule has 0 aliphatic rings. The zero-order chi connectivity index (χ0) is 16.8. The first-order chi connectivity index (χ1) is 10.2. The number of sulfonamides is 1. The molecule has 0 aliphatic heterocycles. The predicted molar refractivity (Wildman–Crippen MR) is 86.4 cm³/mol. The van der Waals surface area contributed by atoms with Crippen molar-refractivity contribution in [2.45, 2.75) is 26.3 Å². The lowest BCUT2D eigenvalue weighted by Gasteiger charge is -2.23. The lowest BCUT2D eigenvalue weighted by molar-refractivity contribution is -0.121. The molecule has 0 aliphatic carbocycles. The van der Waals surface area contributed by atoms with E-state index in [-0.39, 0.29) is 18.5 Å².